The molecule has 0 saturated carbocycles. The second-order valence-corrected chi connectivity index (χ2v) is 7.19. The molecule has 1 rings (SSSR count). The summed E-state index contributed by atoms with van der Waals surface area (Å²) in [5.74, 6) is 0.816. The minimum atomic E-state index is -3.14. The first-order valence-electron chi connectivity index (χ1n) is 7.20. The summed E-state index contributed by atoms with van der Waals surface area (Å²) in [6.45, 7) is 5.22. The fourth-order valence-electron chi connectivity index (χ4n) is 2.00. The van der Waals surface area contributed by atoms with Crippen molar-refractivity contribution in [2.24, 2.45) is 4.99 Å². The highest BCUT2D eigenvalue weighted by Gasteiger charge is 2.07. The van der Waals surface area contributed by atoms with Gasteiger partial charge in [0.2, 0.25) is 0 Å². The van der Waals surface area contributed by atoms with Gasteiger partial charge in [0.1, 0.15) is 0 Å². The first-order valence-corrected chi connectivity index (χ1v) is 9.09. The third-order valence-electron chi connectivity index (χ3n) is 3.28. The average Bonchev–Trinajstić information content (AvgIpc) is 2.47. The molecule has 0 aliphatic carbocycles. The Labute approximate surface area is 156 Å². The van der Waals surface area contributed by atoms with Crippen molar-refractivity contribution in [3.63, 3.8) is 0 Å². The molecule has 0 unspecified atom stereocenters. The molecule has 0 radical (unpaired) electrons. The van der Waals surface area contributed by atoms with Crippen molar-refractivity contribution in [1.82, 2.24) is 10.2 Å². The number of benzene rings is 1. The third kappa shape index (κ3) is 7.83. The Morgan fingerprint density at radius 3 is 2.43 bits per heavy atom. The summed E-state index contributed by atoms with van der Waals surface area (Å²) in [5.41, 5.74) is 1.01. The molecule has 0 amide bonds. The number of nitrogens with zero attached hydrogens (tertiary/aromatic N) is 2. The van der Waals surface area contributed by atoms with Crippen molar-refractivity contribution in [2.75, 3.05) is 26.9 Å². The van der Waals surface area contributed by atoms with Gasteiger partial charge in [-0.2, -0.15) is 0 Å². The SMILES string of the molecule is C=CCCCN(C)C(=NC)NCc1ccc(S(C)(=O)=O)cc1.I. The lowest BCUT2D eigenvalue weighted by molar-refractivity contribution is 0.470. The molecule has 0 saturated heterocycles. The molecule has 0 bridgehead atoms. The van der Waals surface area contributed by atoms with Crippen molar-refractivity contribution >= 4 is 39.8 Å². The zero-order valence-corrected chi connectivity index (χ0v) is 17.1. The minimum absolute atomic E-state index is 0. The largest absolute Gasteiger partial charge is 0.352 e. The van der Waals surface area contributed by atoms with E-state index in [1.54, 1.807) is 19.2 Å². The van der Waals surface area contributed by atoms with Crippen molar-refractivity contribution < 1.29 is 8.42 Å². The van der Waals surface area contributed by atoms with Gasteiger partial charge in [-0.3, -0.25) is 4.99 Å². The zero-order valence-electron chi connectivity index (χ0n) is 13.9. The van der Waals surface area contributed by atoms with Gasteiger partial charge in [0.25, 0.3) is 0 Å². The predicted octanol–water partition coefficient (Wildman–Crippen LogP) is 2.68. The first kappa shape index (κ1) is 21.9. The highest BCUT2D eigenvalue weighted by atomic mass is 127. The normalized spacial score (nSPS) is 11.5. The van der Waals surface area contributed by atoms with Crippen molar-refractivity contribution in [3.8, 4) is 0 Å². The van der Waals surface area contributed by atoms with Crippen LogP contribution in [0, 0.1) is 0 Å². The lowest BCUT2D eigenvalue weighted by Gasteiger charge is -2.21. The van der Waals surface area contributed by atoms with E-state index < -0.39 is 9.84 Å². The molecule has 0 aliphatic heterocycles. The Kier molecular flexibility index (Phi) is 10.1. The van der Waals surface area contributed by atoms with Gasteiger partial charge in [0, 0.05) is 33.4 Å². The number of rotatable bonds is 7. The molecule has 0 heterocycles. The van der Waals surface area contributed by atoms with Crippen LogP contribution in [0.4, 0.5) is 0 Å². The van der Waals surface area contributed by atoms with Crippen LogP contribution in [0.25, 0.3) is 0 Å². The van der Waals surface area contributed by atoms with E-state index in [-0.39, 0.29) is 24.0 Å². The monoisotopic (exact) mass is 451 g/mol. The van der Waals surface area contributed by atoms with Crippen LogP contribution in [0.5, 0.6) is 0 Å². The van der Waals surface area contributed by atoms with Crippen molar-refractivity contribution in [3.05, 3.63) is 42.5 Å². The lowest BCUT2D eigenvalue weighted by atomic mass is 10.2. The highest BCUT2D eigenvalue weighted by Crippen LogP contribution is 2.10. The van der Waals surface area contributed by atoms with Gasteiger partial charge in [-0.05, 0) is 30.5 Å². The zero-order chi connectivity index (χ0) is 16.6. The van der Waals surface area contributed by atoms with Gasteiger partial charge in [0.15, 0.2) is 15.8 Å². The van der Waals surface area contributed by atoms with Crippen molar-refractivity contribution in [1.29, 1.82) is 0 Å². The van der Waals surface area contributed by atoms with Crippen LogP contribution < -0.4 is 5.32 Å². The van der Waals surface area contributed by atoms with Gasteiger partial charge < -0.3 is 10.2 Å². The van der Waals surface area contributed by atoms with Crippen LogP contribution in [0.15, 0.2) is 46.8 Å². The standard InChI is InChI=1S/C16H25N3O2S.HI/c1-5-6-7-12-19(3)16(17-2)18-13-14-8-10-15(11-9-14)22(4,20)21;/h5,8-11H,1,6-7,12-13H2,2-4H3,(H,17,18);1H. The summed E-state index contributed by atoms with van der Waals surface area (Å²) in [4.78, 5) is 6.65. The highest BCUT2D eigenvalue weighted by molar-refractivity contribution is 14.0. The molecule has 23 heavy (non-hydrogen) atoms. The number of sulfone groups is 1. The van der Waals surface area contributed by atoms with Gasteiger partial charge in [0.05, 0.1) is 4.90 Å². The summed E-state index contributed by atoms with van der Waals surface area (Å²) in [5, 5.41) is 3.27. The third-order valence-corrected chi connectivity index (χ3v) is 4.41. The van der Waals surface area contributed by atoms with E-state index in [9.17, 15) is 8.42 Å². The summed E-state index contributed by atoms with van der Waals surface area (Å²) < 4.78 is 22.8. The first-order chi connectivity index (χ1) is 10.4. The van der Waals surface area contributed by atoms with Gasteiger partial charge in [-0.25, -0.2) is 8.42 Å². The van der Waals surface area contributed by atoms with E-state index >= 15 is 0 Å². The molecule has 5 nitrogen and oxygen atoms in total. The molecule has 0 spiro atoms. The number of guanidine groups is 1. The number of aliphatic imine (C=N–C) groups is 1. The van der Waals surface area contributed by atoms with E-state index in [0.717, 1.165) is 30.9 Å². The number of hydrogen-bond donors (Lipinski definition) is 1. The molecule has 1 aromatic carbocycles. The summed E-state index contributed by atoms with van der Waals surface area (Å²) in [6.07, 6.45) is 5.13. The quantitative estimate of drug-likeness (QED) is 0.228. The molecule has 0 atom stereocenters. The molecule has 7 heteroatoms. The maximum atomic E-state index is 11.4. The summed E-state index contributed by atoms with van der Waals surface area (Å²) in [6, 6.07) is 6.88. The second-order valence-electron chi connectivity index (χ2n) is 5.17. The fraction of sp³-hybridized carbons (Fsp3) is 0.438. The van der Waals surface area contributed by atoms with Crippen LogP contribution in [-0.2, 0) is 16.4 Å². The van der Waals surface area contributed by atoms with Crippen LogP contribution in [-0.4, -0.2) is 46.2 Å². The summed E-state index contributed by atoms with van der Waals surface area (Å²) >= 11 is 0. The molecule has 1 aromatic rings. The molecular weight excluding hydrogens is 425 g/mol. The topological polar surface area (TPSA) is 61.8 Å². The average molecular weight is 451 g/mol. The number of nitrogens with one attached hydrogen (secondary N) is 1. The molecule has 0 aromatic heterocycles. The Morgan fingerprint density at radius 1 is 1.35 bits per heavy atom. The van der Waals surface area contributed by atoms with Gasteiger partial charge >= 0.3 is 0 Å². The second kappa shape index (κ2) is 10.6. The van der Waals surface area contributed by atoms with E-state index in [2.05, 4.69) is 21.8 Å². The van der Waals surface area contributed by atoms with Crippen LogP contribution >= 0.6 is 24.0 Å². The lowest BCUT2D eigenvalue weighted by Crippen LogP contribution is -2.38. The van der Waals surface area contributed by atoms with Crippen molar-refractivity contribution in [2.45, 2.75) is 24.3 Å². The van der Waals surface area contributed by atoms with Crippen LogP contribution in [0.2, 0.25) is 0 Å². The Bertz CT molecular complexity index is 613. The van der Waals surface area contributed by atoms with E-state index in [4.69, 9.17) is 0 Å². The Morgan fingerprint density at radius 2 is 1.96 bits per heavy atom. The van der Waals surface area contributed by atoms with Gasteiger partial charge in [-0.1, -0.05) is 18.2 Å². The van der Waals surface area contributed by atoms with E-state index in [1.807, 2.05) is 25.3 Å². The Hall–Kier alpha value is -1.09. The maximum Gasteiger partial charge on any atom is 0.193 e. The van der Waals surface area contributed by atoms with Gasteiger partial charge in [-0.15, -0.1) is 30.6 Å². The van der Waals surface area contributed by atoms with Crippen LogP contribution in [0.1, 0.15) is 18.4 Å². The fourth-order valence-corrected chi connectivity index (χ4v) is 2.63. The number of halogens is 1. The molecular formula is C16H26IN3O2S. The minimum Gasteiger partial charge on any atom is -0.352 e. The molecule has 0 aliphatic rings. The van der Waals surface area contributed by atoms with Crippen LogP contribution in [0.3, 0.4) is 0 Å². The number of unbranched alkanes of at least 4 members (excludes halogenated alkanes) is 1. The van der Waals surface area contributed by atoms with E-state index in [1.165, 1.54) is 6.26 Å². The molecule has 0 fully saturated rings. The summed E-state index contributed by atoms with van der Waals surface area (Å²) in [7, 11) is 0.598. The predicted molar refractivity (Wildman–Crippen MR) is 107 cm³/mol. The molecule has 1 N–H and O–H groups in total. The molecule has 130 valence electrons. The number of allylic oxidation sites excluding steroid dienone is 1. The Balaban J connectivity index is 0.00000484. The number of hydrogen-bond acceptors (Lipinski definition) is 3. The smallest absolute Gasteiger partial charge is 0.193 e. The maximum absolute atomic E-state index is 11.4. The van der Waals surface area contributed by atoms with E-state index in [0.29, 0.717) is 11.4 Å².